The first-order valence-corrected chi connectivity index (χ1v) is 6.50. The van der Waals surface area contributed by atoms with Gasteiger partial charge in [0, 0.05) is 18.0 Å². The molecular formula is C14H18N2O2. The van der Waals surface area contributed by atoms with Gasteiger partial charge in [-0.1, -0.05) is 18.2 Å². The van der Waals surface area contributed by atoms with Gasteiger partial charge in [0.2, 0.25) is 5.91 Å². The normalized spacial score (nSPS) is 23.1. The molecule has 2 unspecified atom stereocenters. The van der Waals surface area contributed by atoms with Crippen LogP contribution in [-0.2, 0) is 4.79 Å². The van der Waals surface area contributed by atoms with E-state index in [-0.39, 0.29) is 18.0 Å². The van der Waals surface area contributed by atoms with Crippen molar-refractivity contribution >= 4 is 5.91 Å². The van der Waals surface area contributed by atoms with Crippen molar-refractivity contribution in [2.75, 3.05) is 6.61 Å². The minimum atomic E-state index is -0.0277. The van der Waals surface area contributed by atoms with E-state index in [1.165, 1.54) is 12.8 Å². The second-order valence-corrected chi connectivity index (χ2v) is 5.17. The van der Waals surface area contributed by atoms with Gasteiger partial charge in [0.1, 0.15) is 12.4 Å². The first-order chi connectivity index (χ1) is 8.74. The zero-order valence-electron chi connectivity index (χ0n) is 10.3. The van der Waals surface area contributed by atoms with Gasteiger partial charge >= 0.3 is 0 Å². The third-order valence-electron chi connectivity index (χ3n) is 3.68. The topological polar surface area (TPSA) is 64.4 Å². The molecule has 18 heavy (non-hydrogen) atoms. The second-order valence-electron chi connectivity index (χ2n) is 5.17. The number of amides is 1. The van der Waals surface area contributed by atoms with Crippen molar-refractivity contribution in [2.24, 2.45) is 11.7 Å². The summed E-state index contributed by atoms with van der Waals surface area (Å²) in [7, 11) is 0. The molecule has 4 nitrogen and oxygen atoms in total. The van der Waals surface area contributed by atoms with Crippen LogP contribution >= 0.6 is 0 Å². The maximum Gasteiger partial charge on any atom is 0.222 e. The number of carbonyl (C=O) groups is 1. The molecule has 4 heteroatoms. The monoisotopic (exact) mass is 246 g/mol. The summed E-state index contributed by atoms with van der Waals surface area (Å²) in [6, 6.07) is 7.81. The van der Waals surface area contributed by atoms with Gasteiger partial charge in [-0.3, -0.25) is 4.79 Å². The molecule has 0 radical (unpaired) electrons. The summed E-state index contributed by atoms with van der Waals surface area (Å²) in [6.45, 7) is 0.518. The Kier molecular flexibility index (Phi) is 2.96. The van der Waals surface area contributed by atoms with Crippen molar-refractivity contribution < 1.29 is 9.53 Å². The average molecular weight is 246 g/mol. The van der Waals surface area contributed by atoms with Crippen LogP contribution in [0.2, 0.25) is 0 Å². The number of carbonyl (C=O) groups excluding carboxylic acids is 1. The van der Waals surface area contributed by atoms with Crippen molar-refractivity contribution in [1.82, 2.24) is 5.32 Å². The molecule has 1 aromatic rings. The fraction of sp³-hybridized carbons (Fsp3) is 0.500. The van der Waals surface area contributed by atoms with E-state index >= 15 is 0 Å². The maximum absolute atomic E-state index is 11.9. The SMILES string of the molecule is NC(CC(=O)NC1COc2ccccc21)C1CC1. The second kappa shape index (κ2) is 4.61. The number of nitrogens with two attached hydrogens (primary N) is 1. The van der Waals surface area contributed by atoms with Crippen LogP contribution in [0.3, 0.4) is 0 Å². The summed E-state index contributed by atoms with van der Waals surface area (Å²) >= 11 is 0. The highest BCUT2D eigenvalue weighted by Gasteiger charge is 2.31. The Morgan fingerprint density at radius 2 is 2.22 bits per heavy atom. The van der Waals surface area contributed by atoms with Gasteiger partial charge in [-0.05, 0) is 24.8 Å². The molecule has 2 aliphatic rings. The summed E-state index contributed by atoms with van der Waals surface area (Å²) in [5, 5.41) is 3.00. The molecule has 1 fully saturated rings. The number of benzene rings is 1. The highest BCUT2D eigenvalue weighted by molar-refractivity contribution is 5.77. The Morgan fingerprint density at radius 1 is 1.44 bits per heavy atom. The quantitative estimate of drug-likeness (QED) is 0.843. The number of hydrogen-bond donors (Lipinski definition) is 2. The first-order valence-electron chi connectivity index (χ1n) is 6.50. The zero-order chi connectivity index (χ0) is 12.5. The molecule has 1 aliphatic carbocycles. The van der Waals surface area contributed by atoms with Gasteiger partial charge < -0.3 is 15.8 Å². The van der Waals surface area contributed by atoms with Crippen LogP contribution in [0.25, 0.3) is 0 Å². The number of hydrogen-bond acceptors (Lipinski definition) is 3. The van der Waals surface area contributed by atoms with Gasteiger partial charge in [-0.15, -0.1) is 0 Å². The van der Waals surface area contributed by atoms with Crippen molar-refractivity contribution in [3.8, 4) is 5.75 Å². The predicted molar refractivity (Wildman–Crippen MR) is 68.1 cm³/mol. The molecule has 1 saturated carbocycles. The van der Waals surface area contributed by atoms with Crippen molar-refractivity contribution in [2.45, 2.75) is 31.3 Å². The smallest absolute Gasteiger partial charge is 0.222 e. The fourth-order valence-corrected chi connectivity index (χ4v) is 2.44. The molecule has 96 valence electrons. The Morgan fingerprint density at radius 3 is 3.00 bits per heavy atom. The van der Waals surface area contributed by atoms with E-state index in [4.69, 9.17) is 10.5 Å². The van der Waals surface area contributed by atoms with E-state index < -0.39 is 0 Å². The molecule has 1 amide bonds. The summed E-state index contributed by atoms with van der Waals surface area (Å²) in [5.41, 5.74) is 7.02. The summed E-state index contributed by atoms with van der Waals surface area (Å²) < 4.78 is 5.53. The van der Waals surface area contributed by atoms with Crippen LogP contribution in [-0.4, -0.2) is 18.6 Å². The molecule has 3 rings (SSSR count). The lowest BCUT2D eigenvalue weighted by Crippen LogP contribution is -2.35. The fourth-order valence-electron chi connectivity index (χ4n) is 2.44. The molecule has 0 spiro atoms. The van der Waals surface area contributed by atoms with E-state index in [9.17, 15) is 4.79 Å². The lowest BCUT2D eigenvalue weighted by Gasteiger charge is -2.14. The molecular weight excluding hydrogens is 228 g/mol. The number of para-hydroxylation sites is 1. The van der Waals surface area contributed by atoms with E-state index in [1.807, 2.05) is 24.3 Å². The standard InChI is InChI=1S/C14H18N2O2/c15-11(9-5-6-9)7-14(17)16-12-8-18-13-4-2-1-3-10(12)13/h1-4,9,11-12H,5-8,15H2,(H,16,17). The highest BCUT2D eigenvalue weighted by atomic mass is 16.5. The number of nitrogens with one attached hydrogen (secondary N) is 1. The predicted octanol–water partition coefficient (Wildman–Crippen LogP) is 1.36. The van der Waals surface area contributed by atoms with Crippen LogP contribution < -0.4 is 15.8 Å². The Hall–Kier alpha value is -1.55. The van der Waals surface area contributed by atoms with E-state index in [2.05, 4.69) is 5.32 Å². The zero-order valence-corrected chi connectivity index (χ0v) is 10.3. The molecule has 0 saturated heterocycles. The molecule has 1 aliphatic heterocycles. The third kappa shape index (κ3) is 2.34. The highest BCUT2D eigenvalue weighted by Crippen LogP contribution is 2.34. The first kappa shape index (κ1) is 11.5. The van der Waals surface area contributed by atoms with E-state index in [0.717, 1.165) is 11.3 Å². The molecule has 2 atom stereocenters. The van der Waals surface area contributed by atoms with Crippen molar-refractivity contribution in [1.29, 1.82) is 0 Å². The molecule has 0 aromatic heterocycles. The summed E-state index contributed by atoms with van der Waals surface area (Å²) in [6.07, 6.45) is 2.76. The van der Waals surface area contributed by atoms with Gasteiger partial charge in [-0.25, -0.2) is 0 Å². The Balaban J connectivity index is 1.58. The van der Waals surface area contributed by atoms with Gasteiger partial charge in [0.05, 0.1) is 6.04 Å². The van der Waals surface area contributed by atoms with Crippen LogP contribution in [0.15, 0.2) is 24.3 Å². The molecule has 1 heterocycles. The molecule has 1 aromatic carbocycles. The maximum atomic E-state index is 11.9. The molecule has 0 bridgehead atoms. The minimum Gasteiger partial charge on any atom is -0.491 e. The van der Waals surface area contributed by atoms with Crippen LogP contribution in [0, 0.1) is 5.92 Å². The minimum absolute atomic E-state index is 0.0163. The lowest BCUT2D eigenvalue weighted by molar-refractivity contribution is -0.122. The van der Waals surface area contributed by atoms with Crippen molar-refractivity contribution in [3.05, 3.63) is 29.8 Å². The average Bonchev–Trinajstić information content (AvgIpc) is 3.14. The third-order valence-corrected chi connectivity index (χ3v) is 3.68. The summed E-state index contributed by atoms with van der Waals surface area (Å²) in [4.78, 5) is 11.9. The number of ether oxygens (including phenoxy) is 1. The molecule has 3 N–H and O–H groups in total. The van der Waals surface area contributed by atoms with Crippen LogP contribution in [0.5, 0.6) is 5.75 Å². The Bertz CT molecular complexity index is 457. The van der Waals surface area contributed by atoms with Crippen molar-refractivity contribution in [3.63, 3.8) is 0 Å². The summed E-state index contributed by atoms with van der Waals surface area (Å²) in [5.74, 6) is 1.46. The largest absolute Gasteiger partial charge is 0.491 e. The van der Waals surface area contributed by atoms with Crippen LogP contribution in [0.4, 0.5) is 0 Å². The van der Waals surface area contributed by atoms with Gasteiger partial charge in [0.25, 0.3) is 0 Å². The Labute approximate surface area is 107 Å². The van der Waals surface area contributed by atoms with Gasteiger partial charge in [0.15, 0.2) is 0 Å². The number of fused-ring (bicyclic) bond motifs is 1. The van der Waals surface area contributed by atoms with Crippen LogP contribution in [0.1, 0.15) is 30.9 Å². The van der Waals surface area contributed by atoms with E-state index in [0.29, 0.717) is 18.9 Å². The van der Waals surface area contributed by atoms with Gasteiger partial charge in [-0.2, -0.15) is 0 Å². The number of rotatable bonds is 4. The lowest BCUT2D eigenvalue weighted by atomic mass is 10.1. The van der Waals surface area contributed by atoms with E-state index in [1.54, 1.807) is 0 Å².